The highest BCUT2D eigenvalue weighted by Gasteiger charge is 2.02. The van der Waals surface area contributed by atoms with E-state index in [2.05, 4.69) is 17.2 Å². The minimum atomic E-state index is 0.179. The van der Waals surface area contributed by atoms with Crippen LogP contribution in [0.4, 0.5) is 11.4 Å². The Bertz CT molecular complexity index is 623. The van der Waals surface area contributed by atoms with E-state index in [0.717, 1.165) is 12.1 Å². The first-order valence-electron chi connectivity index (χ1n) is 9.08. The lowest BCUT2D eigenvalue weighted by Gasteiger charge is -2.04. The highest BCUT2D eigenvalue weighted by atomic mass is 16.3. The van der Waals surface area contributed by atoms with Crippen LogP contribution in [0.3, 0.4) is 0 Å². The van der Waals surface area contributed by atoms with Gasteiger partial charge < -0.3 is 5.11 Å². The Labute approximate surface area is 145 Å². The second kappa shape index (κ2) is 10.6. The van der Waals surface area contributed by atoms with Gasteiger partial charge >= 0.3 is 0 Å². The molecule has 3 nitrogen and oxygen atoms in total. The van der Waals surface area contributed by atoms with Gasteiger partial charge in [-0.3, -0.25) is 0 Å². The molecule has 2 rings (SSSR count). The van der Waals surface area contributed by atoms with Crippen molar-refractivity contribution in [2.24, 2.45) is 10.2 Å². The van der Waals surface area contributed by atoms with Crippen molar-refractivity contribution in [2.75, 3.05) is 0 Å². The van der Waals surface area contributed by atoms with Crippen molar-refractivity contribution in [2.45, 2.75) is 58.3 Å². The standard InChI is InChI=1S/C21H28N2O/c1-2-3-4-5-6-7-9-12-18-15-16-21(24)20(17-18)23-22-19-13-10-8-11-14-19/h8,10-11,13-17,24H,2-7,9,12H2,1H3. The molecule has 0 aliphatic rings. The van der Waals surface area contributed by atoms with Gasteiger partial charge in [-0.2, -0.15) is 5.11 Å². The van der Waals surface area contributed by atoms with Crippen LogP contribution in [0.2, 0.25) is 0 Å². The summed E-state index contributed by atoms with van der Waals surface area (Å²) < 4.78 is 0. The van der Waals surface area contributed by atoms with E-state index in [-0.39, 0.29) is 5.75 Å². The van der Waals surface area contributed by atoms with Crippen LogP contribution < -0.4 is 0 Å². The number of rotatable bonds is 10. The van der Waals surface area contributed by atoms with Crippen molar-refractivity contribution in [3.63, 3.8) is 0 Å². The van der Waals surface area contributed by atoms with Gasteiger partial charge in [0.25, 0.3) is 0 Å². The number of aryl methyl sites for hydroxylation is 1. The maximum absolute atomic E-state index is 9.95. The summed E-state index contributed by atoms with van der Waals surface area (Å²) in [7, 11) is 0. The Morgan fingerprint density at radius 1 is 0.792 bits per heavy atom. The third kappa shape index (κ3) is 6.53. The molecule has 2 aromatic rings. The van der Waals surface area contributed by atoms with Gasteiger partial charge in [0.15, 0.2) is 0 Å². The summed E-state index contributed by atoms with van der Waals surface area (Å²) in [6.07, 6.45) is 10.2. The van der Waals surface area contributed by atoms with Gasteiger partial charge in [-0.25, -0.2) is 0 Å². The molecule has 128 valence electrons. The lowest BCUT2D eigenvalue weighted by atomic mass is 10.0. The van der Waals surface area contributed by atoms with Gasteiger partial charge in [0.2, 0.25) is 0 Å². The minimum absolute atomic E-state index is 0.179. The van der Waals surface area contributed by atoms with Crippen molar-refractivity contribution in [1.82, 2.24) is 0 Å². The monoisotopic (exact) mass is 324 g/mol. The zero-order valence-electron chi connectivity index (χ0n) is 14.6. The first-order chi connectivity index (χ1) is 11.8. The van der Waals surface area contributed by atoms with Crippen molar-refractivity contribution in [1.29, 1.82) is 0 Å². The molecule has 0 radical (unpaired) electrons. The smallest absolute Gasteiger partial charge is 0.143 e. The van der Waals surface area contributed by atoms with Crippen LogP contribution in [0.1, 0.15) is 57.4 Å². The van der Waals surface area contributed by atoms with E-state index >= 15 is 0 Å². The van der Waals surface area contributed by atoms with Crippen molar-refractivity contribution in [3.05, 3.63) is 54.1 Å². The fraction of sp³-hybridized carbons (Fsp3) is 0.429. The third-order valence-corrected chi connectivity index (χ3v) is 4.14. The number of azo groups is 1. The molecule has 0 aromatic heterocycles. The van der Waals surface area contributed by atoms with Crippen LogP contribution in [-0.2, 0) is 6.42 Å². The molecule has 0 heterocycles. The van der Waals surface area contributed by atoms with E-state index in [1.165, 1.54) is 50.5 Å². The maximum atomic E-state index is 9.95. The van der Waals surface area contributed by atoms with Gasteiger partial charge in [0, 0.05) is 0 Å². The molecule has 0 saturated carbocycles. The first kappa shape index (κ1) is 18.2. The van der Waals surface area contributed by atoms with E-state index in [0.29, 0.717) is 5.69 Å². The topological polar surface area (TPSA) is 45.0 Å². The summed E-state index contributed by atoms with van der Waals surface area (Å²) in [6.45, 7) is 2.25. The Kier molecular flexibility index (Phi) is 8.02. The summed E-state index contributed by atoms with van der Waals surface area (Å²) in [5, 5.41) is 18.3. The van der Waals surface area contributed by atoms with Crippen LogP contribution in [0, 0.1) is 0 Å². The van der Waals surface area contributed by atoms with Gasteiger partial charge in [0.05, 0.1) is 5.69 Å². The fourth-order valence-electron chi connectivity index (χ4n) is 2.70. The lowest BCUT2D eigenvalue weighted by Crippen LogP contribution is -1.86. The SMILES string of the molecule is CCCCCCCCCc1ccc(O)c(N=Nc2ccccc2)c1. The average molecular weight is 324 g/mol. The quantitative estimate of drug-likeness (QED) is 0.367. The van der Waals surface area contributed by atoms with Gasteiger partial charge in [-0.1, -0.05) is 69.7 Å². The molecule has 1 N–H and O–H groups in total. The lowest BCUT2D eigenvalue weighted by molar-refractivity contribution is 0.476. The predicted octanol–water partition coefficient (Wildman–Crippen LogP) is 7.10. The minimum Gasteiger partial charge on any atom is -0.506 e. The zero-order chi connectivity index (χ0) is 17.0. The molecule has 24 heavy (non-hydrogen) atoms. The molecular formula is C21H28N2O. The molecular weight excluding hydrogens is 296 g/mol. The Hall–Kier alpha value is -2.16. The molecule has 2 aromatic carbocycles. The second-order valence-corrected chi connectivity index (χ2v) is 6.23. The van der Waals surface area contributed by atoms with Gasteiger partial charge in [0.1, 0.15) is 11.4 Å². The largest absolute Gasteiger partial charge is 0.506 e. The van der Waals surface area contributed by atoms with Crippen molar-refractivity contribution >= 4 is 11.4 Å². The summed E-state index contributed by atoms with van der Waals surface area (Å²) >= 11 is 0. The summed E-state index contributed by atoms with van der Waals surface area (Å²) in [5.41, 5.74) is 2.54. The Balaban J connectivity index is 1.83. The molecule has 0 aliphatic heterocycles. The highest BCUT2D eigenvalue weighted by Crippen LogP contribution is 2.29. The van der Waals surface area contributed by atoms with E-state index in [9.17, 15) is 5.11 Å². The van der Waals surface area contributed by atoms with Crippen molar-refractivity contribution < 1.29 is 5.11 Å². The summed E-state index contributed by atoms with van der Waals surface area (Å²) in [4.78, 5) is 0. The molecule has 0 saturated heterocycles. The van der Waals surface area contributed by atoms with Crippen molar-refractivity contribution in [3.8, 4) is 5.75 Å². The molecule has 0 fully saturated rings. The highest BCUT2D eigenvalue weighted by molar-refractivity contribution is 5.52. The molecule has 3 heteroatoms. The van der Waals surface area contributed by atoms with E-state index in [1.807, 2.05) is 42.5 Å². The zero-order valence-corrected chi connectivity index (χ0v) is 14.6. The van der Waals surface area contributed by atoms with E-state index in [4.69, 9.17) is 0 Å². The molecule has 0 atom stereocenters. The third-order valence-electron chi connectivity index (χ3n) is 4.14. The molecule has 0 spiro atoms. The Morgan fingerprint density at radius 2 is 1.50 bits per heavy atom. The van der Waals surface area contributed by atoms with Crippen LogP contribution in [0.15, 0.2) is 58.8 Å². The number of hydrogen-bond donors (Lipinski definition) is 1. The molecule has 0 aliphatic carbocycles. The molecule has 0 bridgehead atoms. The number of hydrogen-bond acceptors (Lipinski definition) is 3. The number of benzene rings is 2. The number of nitrogens with zero attached hydrogens (tertiary/aromatic N) is 2. The number of phenolic OH excluding ortho intramolecular Hbond substituents is 1. The summed E-state index contributed by atoms with van der Waals surface area (Å²) in [5.74, 6) is 0.179. The van der Waals surface area contributed by atoms with Gasteiger partial charge in [-0.05, 0) is 42.7 Å². The van der Waals surface area contributed by atoms with E-state index in [1.54, 1.807) is 6.07 Å². The molecule has 0 amide bonds. The number of unbranched alkanes of at least 4 members (excludes halogenated alkanes) is 6. The average Bonchev–Trinajstić information content (AvgIpc) is 2.62. The van der Waals surface area contributed by atoms with Gasteiger partial charge in [-0.15, -0.1) is 5.11 Å². The van der Waals surface area contributed by atoms with Crippen LogP contribution in [0.5, 0.6) is 5.75 Å². The fourth-order valence-corrected chi connectivity index (χ4v) is 2.70. The van der Waals surface area contributed by atoms with E-state index < -0.39 is 0 Å². The Morgan fingerprint density at radius 3 is 2.25 bits per heavy atom. The number of phenols is 1. The first-order valence-corrected chi connectivity index (χ1v) is 9.08. The van der Waals surface area contributed by atoms with Crippen LogP contribution in [-0.4, -0.2) is 5.11 Å². The summed E-state index contributed by atoms with van der Waals surface area (Å²) in [6, 6.07) is 15.2. The predicted molar refractivity (Wildman–Crippen MR) is 100 cm³/mol. The normalized spacial score (nSPS) is 11.2. The molecule has 0 unspecified atom stereocenters. The van der Waals surface area contributed by atoms with Crippen LogP contribution in [0.25, 0.3) is 0 Å². The number of aromatic hydroxyl groups is 1. The second-order valence-electron chi connectivity index (χ2n) is 6.23. The van der Waals surface area contributed by atoms with Crippen LogP contribution >= 0.6 is 0 Å². The maximum Gasteiger partial charge on any atom is 0.143 e.